The summed E-state index contributed by atoms with van der Waals surface area (Å²) in [6, 6.07) is 8.32. The Morgan fingerprint density at radius 3 is 2.71 bits per heavy atom. The van der Waals surface area contributed by atoms with Crippen molar-refractivity contribution in [3.05, 3.63) is 35.4 Å². The molecule has 0 aliphatic carbocycles. The molecule has 1 rings (SSSR count). The summed E-state index contributed by atoms with van der Waals surface area (Å²) in [5, 5.41) is 11.2. The topological polar surface area (TPSA) is 70.0 Å². The molecule has 0 atom stereocenters. The molecule has 0 unspecified atom stereocenters. The summed E-state index contributed by atoms with van der Waals surface area (Å²) >= 11 is 0. The number of Topliss-reactive ketones (excluding diaryl/α,β-unsaturated/α-hetero) is 1. The molecule has 0 aliphatic rings. The van der Waals surface area contributed by atoms with Crippen LogP contribution in [0.1, 0.15) is 29.8 Å². The third-order valence-corrected chi connectivity index (χ3v) is 2.32. The molecule has 1 aromatic rings. The van der Waals surface area contributed by atoms with Gasteiger partial charge in [0, 0.05) is 11.5 Å². The van der Waals surface area contributed by atoms with Crippen LogP contribution >= 0.6 is 0 Å². The SMILES string of the molecule is CC(C)C(=O)CNC(=O)c1cccc(C#N)c1. The molecule has 0 saturated heterocycles. The number of nitrogens with zero attached hydrogens (tertiary/aromatic N) is 1. The Labute approximate surface area is 100 Å². The van der Waals surface area contributed by atoms with Gasteiger partial charge in [0.05, 0.1) is 18.2 Å². The zero-order valence-electron chi connectivity index (χ0n) is 9.86. The van der Waals surface area contributed by atoms with E-state index < -0.39 is 0 Å². The average molecular weight is 230 g/mol. The van der Waals surface area contributed by atoms with Gasteiger partial charge in [-0.05, 0) is 18.2 Å². The lowest BCUT2D eigenvalue weighted by atomic mass is 10.1. The first kappa shape index (κ1) is 12.9. The molecule has 0 saturated carbocycles. The molecule has 17 heavy (non-hydrogen) atoms. The molecule has 1 N–H and O–H groups in total. The molecular weight excluding hydrogens is 216 g/mol. The zero-order chi connectivity index (χ0) is 12.8. The van der Waals surface area contributed by atoms with Gasteiger partial charge in [0.2, 0.25) is 0 Å². The number of amides is 1. The third-order valence-electron chi connectivity index (χ3n) is 2.32. The Balaban J connectivity index is 2.65. The maximum Gasteiger partial charge on any atom is 0.251 e. The Hall–Kier alpha value is -2.15. The van der Waals surface area contributed by atoms with E-state index in [0.717, 1.165) is 0 Å². The Bertz CT molecular complexity index is 473. The number of carbonyl (C=O) groups excluding carboxylic acids is 2. The van der Waals surface area contributed by atoms with Crippen LogP contribution in [-0.2, 0) is 4.79 Å². The Morgan fingerprint density at radius 1 is 1.41 bits per heavy atom. The van der Waals surface area contributed by atoms with Crippen LogP contribution in [-0.4, -0.2) is 18.2 Å². The number of hydrogen-bond donors (Lipinski definition) is 1. The van der Waals surface area contributed by atoms with Crippen molar-refractivity contribution in [2.45, 2.75) is 13.8 Å². The molecule has 0 spiro atoms. The van der Waals surface area contributed by atoms with E-state index in [1.165, 1.54) is 6.07 Å². The fourth-order valence-electron chi connectivity index (χ4n) is 1.20. The fourth-order valence-corrected chi connectivity index (χ4v) is 1.20. The third kappa shape index (κ3) is 3.72. The van der Waals surface area contributed by atoms with Gasteiger partial charge < -0.3 is 5.32 Å². The van der Waals surface area contributed by atoms with Gasteiger partial charge in [-0.15, -0.1) is 0 Å². The maximum atomic E-state index is 11.7. The molecular formula is C13H14N2O2. The van der Waals surface area contributed by atoms with Gasteiger partial charge in [-0.1, -0.05) is 19.9 Å². The minimum absolute atomic E-state index is 0.0187. The van der Waals surface area contributed by atoms with Crippen LogP contribution in [0.5, 0.6) is 0 Å². The molecule has 0 fully saturated rings. The normalized spacial score (nSPS) is 9.76. The van der Waals surface area contributed by atoms with Gasteiger partial charge in [0.1, 0.15) is 0 Å². The van der Waals surface area contributed by atoms with E-state index in [4.69, 9.17) is 5.26 Å². The first-order valence-electron chi connectivity index (χ1n) is 5.35. The number of carbonyl (C=O) groups is 2. The highest BCUT2D eigenvalue weighted by molar-refractivity contribution is 5.97. The zero-order valence-corrected chi connectivity index (χ0v) is 9.86. The smallest absolute Gasteiger partial charge is 0.251 e. The summed E-state index contributed by atoms with van der Waals surface area (Å²) in [6.07, 6.45) is 0. The standard InChI is InChI=1S/C13H14N2O2/c1-9(2)12(16)8-15-13(17)11-5-3-4-10(6-11)7-14/h3-6,9H,8H2,1-2H3,(H,15,17). The Morgan fingerprint density at radius 2 is 2.12 bits per heavy atom. The minimum atomic E-state index is -0.337. The first-order valence-corrected chi connectivity index (χ1v) is 5.35. The lowest BCUT2D eigenvalue weighted by Crippen LogP contribution is -2.31. The molecule has 1 amide bonds. The van der Waals surface area contributed by atoms with Crippen molar-refractivity contribution in [1.29, 1.82) is 5.26 Å². The summed E-state index contributed by atoms with van der Waals surface area (Å²) < 4.78 is 0. The fraction of sp³-hybridized carbons (Fsp3) is 0.308. The first-order chi connectivity index (χ1) is 8.04. The van der Waals surface area contributed by atoms with Crippen molar-refractivity contribution in [3.8, 4) is 6.07 Å². The lowest BCUT2D eigenvalue weighted by Gasteiger charge is -2.06. The molecule has 88 valence electrons. The van der Waals surface area contributed by atoms with Crippen LogP contribution in [0.15, 0.2) is 24.3 Å². The van der Waals surface area contributed by atoms with Crippen molar-refractivity contribution in [2.24, 2.45) is 5.92 Å². The number of nitriles is 1. The molecule has 4 heteroatoms. The highest BCUT2D eigenvalue weighted by atomic mass is 16.2. The molecule has 0 heterocycles. The molecule has 0 radical (unpaired) electrons. The van der Waals surface area contributed by atoms with Crippen LogP contribution in [0, 0.1) is 17.2 Å². The highest BCUT2D eigenvalue weighted by Crippen LogP contribution is 2.04. The molecule has 0 bridgehead atoms. The predicted molar refractivity (Wildman–Crippen MR) is 63.3 cm³/mol. The summed E-state index contributed by atoms with van der Waals surface area (Å²) in [4.78, 5) is 23.0. The van der Waals surface area contributed by atoms with Crippen molar-refractivity contribution in [2.75, 3.05) is 6.54 Å². The van der Waals surface area contributed by atoms with Crippen molar-refractivity contribution >= 4 is 11.7 Å². The van der Waals surface area contributed by atoms with Crippen LogP contribution in [0.2, 0.25) is 0 Å². The molecule has 0 aliphatic heterocycles. The maximum absolute atomic E-state index is 11.7. The van der Waals surface area contributed by atoms with Crippen LogP contribution in [0.3, 0.4) is 0 Å². The summed E-state index contributed by atoms with van der Waals surface area (Å²) in [5.74, 6) is -0.452. The quantitative estimate of drug-likeness (QED) is 0.852. The molecule has 0 aromatic heterocycles. The van der Waals surface area contributed by atoms with Crippen LogP contribution in [0.25, 0.3) is 0 Å². The highest BCUT2D eigenvalue weighted by Gasteiger charge is 2.10. The van der Waals surface area contributed by atoms with Gasteiger partial charge in [0.25, 0.3) is 5.91 Å². The lowest BCUT2D eigenvalue weighted by molar-refractivity contribution is -0.120. The molecule has 4 nitrogen and oxygen atoms in total. The largest absolute Gasteiger partial charge is 0.345 e. The van der Waals surface area contributed by atoms with E-state index in [1.54, 1.807) is 32.0 Å². The van der Waals surface area contributed by atoms with E-state index >= 15 is 0 Å². The van der Waals surface area contributed by atoms with Gasteiger partial charge in [-0.3, -0.25) is 9.59 Å². The number of nitrogens with one attached hydrogen (secondary N) is 1. The number of hydrogen-bond acceptors (Lipinski definition) is 3. The summed E-state index contributed by atoms with van der Waals surface area (Å²) in [5.41, 5.74) is 0.813. The van der Waals surface area contributed by atoms with Crippen LogP contribution in [0.4, 0.5) is 0 Å². The second-order valence-corrected chi connectivity index (χ2v) is 4.00. The number of benzene rings is 1. The van der Waals surface area contributed by atoms with E-state index in [1.807, 2.05) is 6.07 Å². The van der Waals surface area contributed by atoms with Crippen molar-refractivity contribution < 1.29 is 9.59 Å². The average Bonchev–Trinajstić information content (AvgIpc) is 2.35. The van der Waals surface area contributed by atoms with E-state index in [2.05, 4.69) is 5.32 Å². The van der Waals surface area contributed by atoms with Gasteiger partial charge in [-0.2, -0.15) is 5.26 Å². The van der Waals surface area contributed by atoms with Gasteiger partial charge in [-0.25, -0.2) is 0 Å². The minimum Gasteiger partial charge on any atom is -0.345 e. The molecule has 1 aromatic carbocycles. The van der Waals surface area contributed by atoms with Crippen LogP contribution < -0.4 is 5.32 Å². The second kappa shape index (κ2) is 5.80. The van der Waals surface area contributed by atoms with Gasteiger partial charge >= 0.3 is 0 Å². The summed E-state index contributed by atoms with van der Waals surface area (Å²) in [6.45, 7) is 3.59. The van der Waals surface area contributed by atoms with E-state index in [-0.39, 0.29) is 24.2 Å². The second-order valence-electron chi connectivity index (χ2n) is 4.00. The van der Waals surface area contributed by atoms with Crippen molar-refractivity contribution in [1.82, 2.24) is 5.32 Å². The van der Waals surface area contributed by atoms with E-state index in [0.29, 0.717) is 11.1 Å². The number of ketones is 1. The Kier molecular flexibility index (Phi) is 4.41. The van der Waals surface area contributed by atoms with E-state index in [9.17, 15) is 9.59 Å². The number of rotatable bonds is 4. The monoisotopic (exact) mass is 230 g/mol. The van der Waals surface area contributed by atoms with Crippen molar-refractivity contribution in [3.63, 3.8) is 0 Å². The van der Waals surface area contributed by atoms with Gasteiger partial charge in [0.15, 0.2) is 5.78 Å². The summed E-state index contributed by atoms with van der Waals surface area (Å²) in [7, 11) is 0. The predicted octanol–water partition coefficient (Wildman–Crippen LogP) is 1.51.